The minimum atomic E-state index is 0.127. The molecule has 5 heteroatoms. The van der Waals surface area contributed by atoms with Gasteiger partial charge in [-0.05, 0) is 7.05 Å². The van der Waals surface area contributed by atoms with E-state index in [2.05, 4.69) is 16.0 Å². The third-order valence-electron chi connectivity index (χ3n) is 2.00. The molecule has 0 aromatic carbocycles. The highest BCUT2D eigenvalue weighted by Crippen LogP contribution is 1.91. The number of aliphatic hydroxyl groups excluding tert-OH is 1. The lowest BCUT2D eigenvalue weighted by atomic mass is 10.4. The molecule has 1 rings (SSSR count). The van der Waals surface area contributed by atoms with Crippen LogP contribution in [0.25, 0.3) is 0 Å². The van der Waals surface area contributed by atoms with Gasteiger partial charge in [-0.2, -0.15) is 0 Å². The van der Waals surface area contributed by atoms with E-state index < -0.39 is 0 Å². The Morgan fingerprint density at radius 3 is 2.50 bits per heavy atom. The number of nitrogens with two attached hydrogens (primary N) is 1. The Balaban J connectivity index is 0.000000791. The topological polar surface area (TPSA) is 70.8 Å². The minimum absolute atomic E-state index is 0.127. The van der Waals surface area contributed by atoms with Crippen LogP contribution in [0.1, 0.15) is 0 Å². The van der Waals surface area contributed by atoms with Gasteiger partial charge in [-0.3, -0.25) is 4.90 Å². The number of hydrogen-bond acceptors (Lipinski definition) is 5. The van der Waals surface area contributed by atoms with Gasteiger partial charge in [0.25, 0.3) is 0 Å². The summed E-state index contributed by atoms with van der Waals surface area (Å²) in [6.45, 7) is 6.71. The number of piperazine rings is 1. The van der Waals surface area contributed by atoms with Crippen molar-refractivity contribution in [3.63, 3.8) is 0 Å². The van der Waals surface area contributed by atoms with Crippen LogP contribution in [0.15, 0.2) is 0 Å². The third kappa shape index (κ3) is 7.23. The third-order valence-corrected chi connectivity index (χ3v) is 2.00. The predicted molar refractivity (Wildman–Crippen MR) is 57.3 cm³/mol. The second kappa shape index (κ2) is 10.9. The zero-order valence-corrected chi connectivity index (χ0v) is 9.04. The first-order chi connectivity index (χ1) is 6.93. The van der Waals surface area contributed by atoms with Crippen LogP contribution >= 0.6 is 0 Å². The fourth-order valence-corrected chi connectivity index (χ4v) is 1.30. The molecule has 0 unspecified atom stereocenters. The van der Waals surface area contributed by atoms with E-state index in [0.717, 1.165) is 39.3 Å². The van der Waals surface area contributed by atoms with Gasteiger partial charge in [-0.1, -0.05) is 0 Å². The van der Waals surface area contributed by atoms with Gasteiger partial charge in [0.1, 0.15) is 0 Å². The van der Waals surface area contributed by atoms with E-state index in [4.69, 9.17) is 9.84 Å². The minimum Gasteiger partial charge on any atom is -0.394 e. The van der Waals surface area contributed by atoms with Crippen LogP contribution in [-0.4, -0.2) is 69.6 Å². The molecule has 0 aliphatic carbocycles. The van der Waals surface area contributed by atoms with Gasteiger partial charge in [-0.15, -0.1) is 0 Å². The second-order valence-electron chi connectivity index (χ2n) is 2.93. The molecule has 0 amide bonds. The summed E-state index contributed by atoms with van der Waals surface area (Å²) < 4.78 is 5.17. The standard InChI is InChI=1S/C8H18N2O2.CH5N/c11-6-8-12-7-5-10-3-1-9-2-4-10;1-2/h9,11H,1-8H2;2H2,1H3. The quantitative estimate of drug-likeness (QED) is 0.475. The highest BCUT2D eigenvalue weighted by atomic mass is 16.5. The monoisotopic (exact) mass is 205 g/mol. The maximum absolute atomic E-state index is 8.45. The lowest BCUT2D eigenvalue weighted by molar-refractivity contribution is 0.0710. The number of hydrogen-bond donors (Lipinski definition) is 3. The first-order valence-electron chi connectivity index (χ1n) is 5.13. The number of aliphatic hydroxyl groups is 1. The van der Waals surface area contributed by atoms with Crippen LogP contribution in [0.3, 0.4) is 0 Å². The summed E-state index contributed by atoms with van der Waals surface area (Å²) in [7, 11) is 1.50. The molecule has 4 N–H and O–H groups in total. The molecular formula is C9H23N3O2. The van der Waals surface area contributed by atoms with Gasteiger partial charge < -0.3 is 20.9 Å². The van der Waals surface area contributed by atoms with Crippen molar-refractivity contribution in [3.8, 4) is 0 Å². The van der Waals surface area contributed by atoms with E-state index in [0.29, 0.717) is 6.61 Å². The van der Waals surface area contributed by atoms with Crippen LogP contribution < -0.4 is 11.1 Å². The normalized spacial score (nSPS) is 17.4. The molecule has 86 valence electrons. The van der Waals surface area contributed by atoms with Crippen molar-refractivity contribution in [1.82, 2.24) is 10.2 Å². The summed E-state index contributed by atoms with van der Waals surface area (Å²) >= 11 is 0. The van der Waals surface area contributed by atoms with Gasteiger partial charge in [0.2, 0.25) is 0 Å². The van der Waals surface area contributed by atoms with Crippen molar-refractivity contribution in [2.75, 3.05) is 59.6 Å². The molecule has 1 heterocycles. The maximum Gasteiger partial charge on any atom is 0.0698 e. The van der Waals surface area contributed by atoms with Gasteiger partial charge >= 0.3 is 0 Å². The molecule has 0 bridgehead atoms. The average molecular weight is 205 g/mol. The Hall–Kier alpha value is -0.200. The molecule has 1 fully saturated rings. The van der Waals surface area contributed by atoms with Crippen LogP contribution in [0, 0.1) is 0 Å². The molecule has 0 aromatic heterocycles. The molecule has 0 saturated carbocycles. The average Bonchev–Trinajstić information content (AvgIpc) is 2.29. The van der Waals surface area contributed by atoms with Gasteiger partial charge in [0.15, 0.2) is 0 Å². The molecule has 1 aliphatic heterocycles. The van der Waals surface area contributed by atoms with Gasteiger partial charge in [-0.25, -0.2) is 0 Å². The Kier molecular flexibility index (Phi) is 10.7. The van der Waals surface area contributed by atoms with Crippen LogP contribution in [-0.2, 0) is 4.74 Å². The van der Waals surface area contributed by atoms with E-state index in [9.17, 15) is 0 Å². The summed E-state index contributed by atoms with van der Waals surface area (Å²) in [4.78, 5) is 2.37. The van der Waals surface area contributed by atoms with Crippen molar-refractivity contribution >= 4 is 0 Å². The summed E-state index contributed by atoms with van der Waals surface area (Å²) in [5, 5.41) is 11.7. The van der Waals surface area contributed by atoms with Crippen LogP contribution in [0.2, 0.25) is 0 Å². The lowest BCUT2D eigenvalue weighted by Crippen LogP contribution is -2.44. The Bertz CT molecular complexity index is 108. The Labute approximate surface area is 86.2 Å². The number of nitrogens with zero attached hydrogens (tertiary/aromatic N) is 1. The molecule has 0 aromatic rings. The fraction of sp³-hybridized carbons (Fsp3) is 1.00. The van der Waals surface area contributed by atoms with E-state index in [1.54, 1.807) is 0 Å². The summed E-state index contributed by atoms with van der Waals surface area (Å²) in [6, 6.07) is 0. The first kappa shape index (κ1) is 13.8. The van der Waals surface area contributed by atoms with E-state index in [-0.39, 0.29) is 6.61 Å². The zero-order chi connectivity index (χ0) is 10.6. The van der Waals surface area contributed by atoms with E-state index in [1.165, 1.54) is 7.05 Å². The number of ether oxygens (including phenoxy) is 1. The van der Waals surface area contributed by atoms with Crippen LogP contribution in [0.4, 0.5) is 0 Å². The van der Waals surface area contributed by atoms with Gasteiger partial charge in [0, 0.05) is 32.7 Å². The number of nitrogens with one attached hydrogen (secondary N) is 1. The van der Waals surface area contributed by atoms with Crippen molar-refractivity contribution in [2.45, 2.75) is 0 Å². The summed E-state index contributed by atoms with van der Waals surface area (Å²) in [5.41, 5.74) is 4.50. The maximum atomic E-state index is 8.45. The highest BCUT2D eigenvalue weighted by molar-refractivity contribution is 4.66. The molecule has 0 spiro atoms. The van der Waals surface area contributed by atoms with Crippen molar-refractivity contribution in [2.24, 2.45) is 5.73 Å². The first-order valence-corrected chi connectivity index (χ1v) is 5.13. The second-order valence-corrected chi connectivity index (χ2v) is 2.93. The molecule has 5 nitrogen and oxygen atoms in total. The molecule has 0 radical (unpaired) electrons. The van der Waals surface area contributed by atoms with E-state index >= 15 is 0 Å². The van der Waals surface area contributed by atoms with E-state index in [1.807, 2.05) is 0 Å². The molecule has 0 atom stereocenters. The SMILES string of the molecule is CN.OCCOCCN1CCNCC1. The Morgan fingerprint density at radius 2 is 1.93 bits per heavy atom. The highest BCUT2D eigenvalue weighted by Gasteiger charge is 2.07. The van der Waals surface area contributed by atoms with Crippen LogP contribution in [0.5, 0.6) is 0 Å². The molecule has 1 aliphatic rings. The fourth-order valence-electron chi connectivity index (χ4n) is 1.30. The molecular weight excluding hydrogens is 182 g/mol. The molecule has 1 saturated heterocycles. The predicted octanol–water partition coefficient (Wildman–Crippen LogP) is -1.52. The van der Waals surface area contributed by atoms with Crippen molar-refractivity contribution in [3.05, 3.63) is 0 Å². The molecule has 14 heavy (non-hydrogen) atoms. The lowest BCUT2D eigenvalue weighted by Gasteiger charge is -2.26. The Morgan fingerprint density at radius 1 is 1.29 bits per heavy atom. The smallest absolute Gasteiger partial charge is 0.0698 e. The van der Waals surface area contributed by atoms with Crippen molar-refractivity contribution in [1.29, 1.82) is 0 Å². The summed E-state index contributed by atoms with van der Waals surface area (Å²) in [5.74, 6) is 0. The zero-order valence-electron chi connectivity index (χ0n) is 9.04. The summed E-state index contributed by atoms with van der Waals surface area (Å²) in [6.07, 6.45) is 0. The largest absolute Gasteiger partial charge is 0.394 e. The number of rotatable bonds is 5. The van der Waals surface area contributed by atoms with Gasteiger partial charge in [0.05, 0.1) is 19.8 Å². The van der Waals surface area contributed by atoms with Crippen molar-refractivity contribution < 1.29 is 9.84 Å².